The van der Waals surface area contributed by atoms with E-state index in [1.54, 1.807) is 0 Å². The minimum absolute atomic E-state index is 0.571. The molecule has 4 aromatic rings. The maximum absolute atomic E-state index is 6.16. The number of nitrogens with zero attached hydrogens (tertiary/aromatic N) is 6. The molecule has 0 saturated carbocycles. The summed E-state index contributed by atoms with van der Waals surface area (Å²) >= 11 is 0. The third-order valence-corrected chi connectivity index (χ3v) is 7.65. The lowest BCUT2D eigenvalue weighted by molar-refractivity contribution is 0.298. The first-order chi connectivity index (χ1) is 19.8. The van der Waals surface area contributed by atoms with Gasteiger partial charge in [-0.2, -0.15) is 15.1 Å². The van der Waals surface area contributed by atoms with Crippen LogP contribution < -0.4 is 20.0 Å². The number of para-hydroxylation sites is 2. The molecule has 0 unspecified atom stereocenters. The fraction of sp³-hybridized carbons (Fsp3) is 0.344. The molecule has 0 bridgehead atoms. The van der Waals surface area contributed by atoms with Crippen molar-refractivity contribution in [3.8, 4) is 5.75 Å². The first-order valence-corrected chi connectivity index (χ1v) is 14.4. The number of fused-ring (bicyclic) bond motifs is 1. The Bertz CT molecular complexity index is 1450. The van der Waals surface area contributed by atoms with E-state index in [0.717, 1.165) is 84.5 Å². The zero-order valence-electron chi connectivity index (χ0n) is 23.0. The maximum Gasteiger partial charge on any atom is 0.229 e. The van der Waals surface area contributed by atoms with Gasteiger partial charge in [0.2, 0.25) is 5.95 Å². The first-order valence-electron chi connectivity index (χ1n) is 14.4. The average molecular weight is 536 g/mol. The van der Waals surface area contributed by atoms with Crippen LogP contribution in [0.15, 0.2) is 78.6 Å². The second kappa shape index (κ2) is 12.2. The SMILES string of the molecule is C=CCc1ccccc1OCCn1cc(/C=N\Nc2cc(N3CCCC3)nc(N3CCCC3)n2)c2ccccc21. The number of nitrogens with one attached hydrogen (secondary N) is 1. The highest BCUT2D eigenvalue weighted by Crippen LogP contribution is 2.26. The van der Waals surface area contributed by atoms with E-state index in [-0.39, 0.29) is 0 Å². The molecule has 8 heteroatoms. The number of aromatic nitrogens is 3. The molecular weight excluding hydrogens is 498 g/mol. The van der Waals surface area contributed by atoms with Crippen LogP contribution in [0.5, 0.6) is 5.75 Å². The van der Waals surface area contributed by atoms with Crippen molar-refractivity contribution in [2.75, 3.05) is 48.0 Å². The first kappa shape index (κ1) is 25.9. The van der Waals surface area contributed by atoms with Crippen LogP contribution in [0.1, 0.15) is 36.8 Å². The number of benzene rings is 2. The van der Waals surface area contributed by atoms with Crippen molar-refractivity contribution in [3.63, 3.8) is 0 Å². The number of hydrazone groups is 1. The summed E-state index contributed by atoms with van der Waals surface area (Å²) in [5.74, 6) is 3.42. The molecule has 0 aliphatic carbocycles. The van der Waals surface area contributed by atoms with E-state index in [1.807, 2.05) is 36.6 Å². The highest BCUT2D eigenvalue weighted by atomic mass is 16.5. The highest BCUT2D eigenvalue weighted by molar-refractivity contribution is 5.99. The van der Waals surface area contributed by atoms with Gasteiger partial charge in [-0.25, -0.2) is 0 Å². The molecule has 2 fully saturated rings. The second-order valence-electron chi connectivity index (χ2n) is 10.4. The molecule has 0 radical (unpaired) electrons. The summed E-state index contributed by atoms with van der Waals surface area (Å²) in [4.78, 5) is 14.3. The smallest absolute Gasteiger partial charge is 0.229 e. The monoisotopic (exact) mass is 535 g/mol. The van der Waals surface area contributed by atoms with Gasteiger partial charge in [-0.3, -0.25) is 5.43 Å². The fourth-order valence-electron chi connectivity index (χ4n) is 5.60. The summed E-state index contributed by atoms with van der Waals surface area (Å²) in [5.41, 5.74) is 6.55. The Hall–Kier alpha value is -4.33. The lowest BCUT2D eigenvalue weighted by Crippen LogP contribution is -2.24. The van der Waals surface area contributed by atoms with Gasteiger partial charge in [0.05, 0.1) is 12.8 Å². The zero-order chi connectivity index (χ0) is 27.1. The molecule has 206 valence electrons. The summed E-state index contributed by atoms with van der Waals surface area (Å²) in [5, 5.41) is 5.77. The molecule has 40 heavy (non-hydrogen) atoms. The van der Waals surface area contributed by atoms with Gasteiger partial charge >= 0.3 is 0 Å². The standard InChI is InChI=1S/C32H37N7O/c1-2-11-25-12-3-6-15-29(25)40-21-20-39-24-26(27-13-4-5-14-28(27)39)23-33-36-30-22-31(37-16-7-8-17-37)35-32(34-30)38-18-9-10-19-38/h2-6,12-15,22-24H,1,7-11,16-21H2,(H,34,35,36)/b33-23-. The van der Waals surface area contributed by atoms with Crippen LogP contribution in [0.25, 0.3) is 10.9 Å². The molecule has 2 aliphatic heterocycles. The Morgan fingerprint density at radius 1 is 0.925 bits per heavy atom. The van der Waals surface area contributed by atoms with Crippen LogP contribution in [-0.2, 0) is 13.0 Å². The van der Waals surface area contributed by atoms with Crippen molar-refractivity contribution in [1.82, 2.24) is 14.5 Å². The van der Waals surface area contributed by atoms with Gasteiger partial charge in [-0.1, -0.05) is 42.5 Å². The van der Waals surface area contributed by atoms with Crippen LogP contribution in [-0.4, -0.2) is 53.5 Å². The zero-order valence-corrected chi connectivity index (χ0v) is 23.0. The Balaban J connectivity index is 1.18. The summed E-state index contributed by atoms with van der Waals surface area (Å²) in [6, 6.07) is 18.6. The lowest BCUT2D eigenvalue weighted by atomic mass is 10.1. The van der Waals surface area contributed by atoms with E-state index < -0.39 is 0 Å². The van der Waals surface area contributed by atoms with Crippen molar-refractivity contribution in [2.45, 2.75) is 38.6 Å². The van der Waals surface area contributed by atoms with Gasteiger partial charge in [0, 0.05) is 54.9 Å². The molecule has 0 spiro atoms. The molecule has 6 rings (SSSR count). The Labute approximate surface area is 236 Å². The molecule has 2 aliphatic rings. The number of hydrogen-bond acceptors (Lipinski definition) is 7. The summed E-state index contributed by atoms with van der Waals surface area (Å²) < 4.78 is 8.39. The molecular formula is C32H37N7O. The highest BCUT2D eigenvalue weighted by Gasteiger charge is 2.20. The van der Waals surface area contributed by atoms with E-state index >= 15 is 0 Å². The molecule has 8 nitrogen and oxygen atoms in total. The van der Waals surface area contributed by atoms with E-state index in [2.05, 4.69) is 68.0 Å². The van der Waals surface area contributed by atoms with Gasteiger partial charge < -0.3 is 19.1 Å². The second-order valence-corrected chi connectivity index (χ2v) is 10.4. The maximum atomic E-state index is 6.16. The molecule has 0 amide bonds. The van der Waals surface area contributed by atoms with Crippen LogP contribution in [0.3, 0.4) is 0 Å². The third-order valence-electron chi connectivity index (χ3n) is 7.65. The average Bonchev–Trinajstić information content (AvgIpc) is 3.77. The number of ether oxygens (including phenoxy) is 1. The number of anilines is 3. The van der Waals surface area contributed by atoms with Crippen molar-refractivity contribution >= 4 is 34.7 Å². The predicted octanol–water partition coefficient (Wildman–Crippen LogP) is 5.89. The van der Waals surface area contributed by atoms with Crippen LogP contribution in [0.2, 0.25) is 0 Å². The van der Waals surface area contributed by atoms with Crippen molar-refractivity contribution in [2.24, 2.45) is 5.10 Å². The predicted molar refractivity (Wildman–Crippen MR) is 164 cm³/mol. The normalized spacial score (nSPS) is 15.4. The van der Waals surface area contributed by atoms with E-state index in [1.165, 1.54) is 25.7 Å². The van der Waals surface area contributed by atoms with Gasteiger partial charge in [-0.05, 0) is 49.8 Å². The van der Waals surface area contributed by atoms with Crippen LogP contribution in [0, 0.1) is 0 Å². The largest absolute Gasteiger partial charge is 0.491 e. The minimum Gasteiger partial charge on any atom is -0.491 e. The van der Waals surface area contributed by atoms with Gasteiger partial charge in [0.25, 0.3) is 0 Å². The quantitative estimate of drug-likeness (QED) is 0.147. The third kappa shape index (κ3) is 5.81. The molecule has 2 aromatic heterocycles. The Morgan fingerprint density at radius 2 is 1.68 bits per heavy atom. The van der Waals surface area contributed by atoms with Crippen LogP contribution >= 0.6 is 0 Å². The number of rotatable bonds is 11. The van der Waals surface area contributed by atoms with Crippen molar-refractivity contribution in [3.05, 3.63) is 84.6 Å². The van der Waals surface area contributed by atoms with Crippen molar-refractivity contribution < 1.29 is 4.74 Å². The van der Waals surface area contributed by atoms with Crippen LogP contribution in [0.4, 0.5) is 17.6 Å². The number of hydrogen-bond donors (Lipinski definition) is 1. The van der Waals surface area contributed by atoms with Gasteiger partial charge in [-0.15, -0.1) is 6.58 Å². The molecule has 0 atom stereocenters. The Morgan fingerprint density at radius 3 is 2.50 bits per heavy atom. The lowest BCUT2D eigenvalue weighted by Gasteiger charge is -2.21. The Kier molecular flexibility index (Phi) is 7.93. The molecule has 2 saturated heterocycles. The van der Waals surface area contributed by atoms with Gasteiger partial charge in [0.1, 0.15) is 18.2 Å². The summed E-state index contributed by atoms with van der Waals surface area (Å²) in [6.45, 7) is 9.27. The van der Waals surface area contributed by atoms with E-state index in [4.69, 9.17) is 14.7 Å². The molecule has 2 aromatic carbocycles. The topological polar surface area (TPSA) is 70.8 Å². The summed E-state index contributed by atoms with van der Waals surface area (Å²) in [6.07, 6.45) is 11.5. The molecule has 4 heterocycles. The van der Waals surface area contributed by atoms with Gasteiger partial charge in [0.15, 0.2) is 5.82 Å². The van der Waals surface area contributed by atoms with E-state index in [0.29, 0.717) is 6.61 Å². The summed E-state index contributed by atoms with van der Waals surface area (Å²) in [7, 11) is 0. The fourth-order valence-corrected chi connectivity index (χ4v) is 5.60. The molecule has 1 N–H and O–H groups in total. The van der Waals surface area contributed by atoms with Crippen molar-refractivity contribution in [1.29, 1.82) is 0 Å². The minimum atomic E-state index is 0.571. The van der Waals surface area contributed by atoms with E-state index in [9.17, 15) is 0 Å². The number of allylic oxidation sites excluding steroid dienone is 1.